The van der Waals surface area contributed by atoms with Crippen LogP contribution in [0.2, 0.25) is 0 Å². The maximum Gasteiger partial charge on any atom is 0.257 e. The Morgan fingerprint density at radius 2 is 1.16 bits per heavy atom. The fraction of sp³-hybridized carbons (Fsp3) is 0. The summed E-state index contributed by atoms with van der Waals surface area (Å²) < 4.78 is 0. The second-order valence-electron chi connectivity index (χ2n) is 5.09. The van der Waals surface area contributed by atoms with Gasteiger partial charge < -0.3 is 5.73 Å². The molecule has 0 aliphatic rings. The second-order valence-corrected chi connectivity index (χ2v) is 6.50. The monoisotopic (exact) mass is 349 g/mol. The summed E-state index contributed by atoms with van der Waals surface area (Å²) in [6.07, 6.45) is 0. The van der Waals surface area contributed by atoms with Crippen LogP contribution < -0.4 is 21.7 Å². The molecule has 25 heavy (non-hydrogen) atoms. The highest BCUT2D eigenvalue weighted by molar-refractivity contribution is 7.55. The van der Waals surface area contributed by atoms with E-state index in [-0.39, 0.29) is 11.9 Å². The average Bonchev–Trinajstić information content (AvgIpc) is 2.64. The molecule has 1 amide bonds. The largest absolute Gasteiger partial charge is 0.370 e. The van der Waals surface area contributed by atoms with E-state index >= 15 is 0 Å². The number of hydrogen-bond acceptors (Lipinski definition) is 2. The topological polar surface area (TPSA) is 79.0 Å². The van der Waals surface area contributed by atoms with Crippen molar-refractivity contribution in [3.05, 3.63) is 96.6 Å². The van der Waals surface area contributed by atoms with E-state index < -0.39 is 0 Å². The van der Waals surface area contributed by atoms with Crippen molar-refractivity contribution in [2.24, 2.45) is 5.73 Å². The van der Waals surface area contributed by atoms with E-state index in [9.17, 15) is 4.79 Å². The minimum absolute atomic E-state index is 0.344. The Kier molecular flexibility index (Phi) is 7.36. The van der Waals surface area contributed by atoms with Crippen molar-refractivity contribution in [2.45, 2.75) is 0 Å². The Labute approximate surface area is 149 Å². The maximum atomic E-state index is 11.1. The van der Waals surface area contributed by atoms with Gasteiger partial charge in [-0.3, -0.25) is 15.5 Å². The number of carbonyl (C=O) groups is 1. The smallest absolute Gasteiger partial charge is 0.257 e. The Hall–Kier alpha value is -2.97. The van der Waals surface area contributed by atoms with Crippen molar-refractivity contribution in [3.8, 4) is 0 Å². The molecule has 4 nitrogen and oxygen atoms in total. The Morgan fingerprint density at radius 3 is 1.56 bits per heavy atom. The Balaban J connectivity index is 0.000000181. The molecular weight excluding hydrogens is 329 g/mol. The zero-order valence-corrected chi connectivity index (χ0v) is 14.6. The third kappa shape index (κ3) is 6.98. The van der Waals surface area contributed by atoms with Gasteiger partial charge in [0.2, 0.25) is 0 Å². The highest BCUT2D eigenvalue weighted by Crippen LogP contribution is 2.08. The lowest BCUT2D eigenvalue weighted by Gasteiger charge is -2.00. The van der Waals surface area contributed by atoms with Gasteiger partial charge in [-0.2, -0.15) is 0 Å². The maximum absolute atomic E-state index is 11.1. The van der Waals surface area contributed by atoms with Crippen molar-refractivity contribution < 1.29 is 4.79 Å². The Morgan fingerprint density at radius 1 is 0.760 bits per heavy atom. The van der Waals surface area contributed by atoms with Crippen LogP contribution in [0.25, 0.3) is 0 Å². The van der Waals surface area contributed by atoms with E-state index in [0.29, 0.717) is 5.56 Å². The fourth-order valence-electron chi connectivity index (χ4n) is 1.99. The van der Waals surface area contributed by atoms with Crippen molar-refractivity contribution in [2.75, 3.05) is 0 Å². The van der Waals surface area contributed by atoms with Crippen molar-refractivity contribution in [3.63, 3.8) is 0 Å². The van der Waals surface area contributed by atoms with Crippen LogP contribution in [0.4, 0.5) is 0 Å². The summed E-state index contributed by atoms with van der Waals surface area (Å²) in [5.74, 6) is -0.702. The molecule has 3 aromatic carbocycles. The summed E-state index contributed by atoms with van der Waals surface area (Å²) in [6, 6.07) is 29.8. The average molecular weight is 349 g/mol. The van der Waals surface area contributed by atoms with Crippen LogP contribution in [-0.2, 0) is 0 Å². The van der Waals surface area contributed by atoms with E-state index in [4.69, 9.17) is 11.1 Å². The summed E-state index contributed by atoms with van der Waals surface area (Å²) in [7, 11) is 0.777. The molecule has 3 rings (SSSR count). The second kappa shape index (κ2) is 10.0. The van der Waals surface area contributed by atoms with E-state index in [1.54, 1.807) is 24.3 Å². The fourth-order valence-corrected chi connectivity index (χ4v) is 3.05. The van der Waals surface area contributed by atoms with Gasteiger partial charge in [0.25, 0.3) is 5.91 Å². The number of hydrogen-bond donors (Lipinski definition) is 3. The summed E-state index contributed by atoms with van der Waals surface area (Å²) in [5, 5.41) is 11.8. The standard InChI is InChI=1S/C12H11P.C8H9N3O/c1-3-7-11(8-4-1)13-12-9-5-2-6-10-12;9-8(10)11-7(12)6-4-2-1-3-5-6/h1-10,13H;1-5H,(H4,9,10,11,12). The van der Waals surface area contributed by atoms with E-state index in [1.165, 1.54) is 10.6 Å². The van der Waals surface area contributed by atoms with Crippen LogP contribution in [0.15, 0.2) is 91.0 Å². The lowest BCUT2D eigenvalue weighted by molar-refractivity contribution is 0.0976. The van der Waals surface area contributed by atoms with Gasteiger partial charge in [-0.05, 0) is 22.7 Å². The van der Waals surface area contributed by atoms with Crippen LogP contribution in [-0.4, -0.2) is 11.9 Å². The predicted octanol–water partition coefficient (Wildman–Crippen LogP) is 2.63. The third-order valence-electron chi connectivity index (χ3n) is 3.12. The molecular formula is C20H20N3OP. The number of nitrogens with two attached hydrogens (primary N) is 1. The molecule has 126 valence electrons. The molecule has 0 saturated carbocycles. The van der Waals surface area contributed by atoms with Gasteiger partial charge in [0, 0.05) is 5.56 Å². The molecule has 0 aliphatic carbocycles. The number of carbonyl (C=O) groups excluding carboxylic acids is 1. The number of guanidine groups is 1. The lowest BCUT2D eigenvalue weighted by atomic mass is 10.2. The normalized spacial score (nSPS) is 9.44. The molecule has 0 aliphatic heterocycles. The van der Waals surface area contributed by atoms with Crippen LogP contribution in [0, 0.1) is 5.41 Å². The van der Waals surface area contributed by atoms with Gasteiger partial charge in [0.15, 0.2) is 5.96 Å². The molecule has 0 fully saturated rings. The third-order valence-corrected chi connectivity index (χ3v) is 4.36. The lowest BCUT2D eigenvalue weighted by Crippen LogP contribution is -2.35. The summed E-state index contributed by atoms with van der Waals surface area (Å²) >= 11 is 0. The molecule has 0 bridgehead atoms. The molecule has 0 spiro atoms. The van der Waals surface area contributed by atoms with Gasteiger partial charge >= 0.3 is 0 Å². The number of nitrogens with one attached hydrogen (secondary N) is 2. The quantitative estimate of drug-likeness (QED) is 0.386. The van der Waals surface area contributed by atoms with Crippen molar-refractivity contribution in [1.29, 1.82) is 5.41 Å². The first-order valence-corrected chi connectivity index (χ1v) is 8.72. The molecule has 0 atom stereocenters. The van der Waals surface area contributed by atoms with Gasteiger partial charge in [-0.25, -0.2) is 0 Å². The van der Waals surface area contributed by atoms with Crippen molar-refractivity contribution >= 4 is 31.1 Å². The van der Waals surface area contributed by atoms with Gasteiger partial charge in [-0.1, -0.05) is 87.4 Å². The SMILES string of the molecule is N=C(N)NC(=O)c1ccccc1.c1ccc(Pc2ccccc2)cc1. The first kappa shape index (κ1) is 18.4. The zero-order chi connectivity index (χ0) is 17.9. The molecule has 0 heterocycles. The summed E-state index contributed by atoms with van der Waals surface area (Å²) in [5.41, 5.74) is 5.48. The molecule has 0 saturated heterocycles. The van der Waals surface area contributed by atoms with Gasteiger partial charge in [0.1, 0.15) is 0 Å². The van der Waals surface area contributed by atoms with Crippen LogP contribution in [0.1, 0.15) is 10.4 Å². The molecule has 5 heteroatoms. The number of benzene rings is 3. The summed E-state index contributed by atoms with van der Waals surface area (Å²) in [4.78, 5) is 11.1. The Bertz CT molecular complexity index is 755. The van der Waals surface area contributed by atoms with Crippen LogP contribution in [0.5, 0.6) is 0 Å². The van der Waals surface area contributed by atoms with E-state index in [2.05, 4.69) is 66.0 Å². The minimum atomic E-state index is -0.358. The first-order valence-electron chi connectivity index (χ1n) is 7.72. The van der Waals surface area contributed by atoms with Crippen LogP contribution >= 0.6 is 8.58 Å². The molecule has 0 radical (unpaired) electrons. The molecule has 0 unspecified atom stereocenters. The number of rotatable bonds is 3. The van der Waals surface area contributed by atoms with Crippen LogP contribution in [0.3, 0.4) is 0 Å². The van der Waals surface area contributed by atoms with Gasteiger partial charge in [0.05, 0.1) is 0 Å². The molecule has 3 aromatic rings. The van der Waals surface area contributed by atoms with E-state index in [1.807, 2.05) is 6.07 Å². The highest BCUT2D eigenvalue weighted by atomic mass is 31.1. The zero-order valence-electron chi connectivity index (χ0n) is 13.6. The van der Waals surface area contributed by atoms with Crippen molar-refractivity contribution in [1.82, 2.24) is 5.32 Å². The number of amides is 1. The highest BCUT2D eigenvalue weighted by Gasteiger charge is 2.03. The molecule has 4 N–H and O–H groups in total. The first-order chi connectivity index (χ1) is 12.1. The minimum Gasteiger partial charge on any atom is -0.370 e. The summed E-state index contributed by atoms with van der Waals surface area (Å²) in [6.45, 7) is 0. The van der Waals surface area contributed by atoms with E-state index in [0.717, 1.165) is 8.58 Å². The predicted molar refractivity (Wildman–Crippen MR) is 106 cm³/mol. The molecule has 0 aromatic heterocycles. The van der Waals surface area contributed by atoms with Gasteiger partial charge in [-0.15, -0.1) is 0 Å².